The lowest BCUT2D eigenvalue weighted by molar-refractivity contribution is -0.384. The molecule has 10 rings (SSSR count). The van der Waals surface area contributed by atoms with Crippen molar-refractivity contribution in [2.24, 2.45) is 29.6 Å². The number of fused-ring (bicyclic) bond motifs is 5. The van der Waals surface area contributed by atoms with Crippen molar-refractivity contribution in [2.45, 2.75) is 109 Å². The lowest BCUT2D eigenvalue weighted by Gasteiger charge is -2.13. The molecule has 0 spiro atoms. The van der Waals surface area contributed by atoms with Gasteiger partial charge in [-0.1, -0.05) is 71.3 Å². The van der Waals surface area contributed by atoms with Crippen LogP contribution in [0.5, 0.6) is 0 Å². The van der Waals surface area contributed by atoms with E-state index in [1.54, 1.807) is 36.4 Å². The number of carbonyl (C=O) groups excluding carboxylic acids is 5. The first-order chi connectivity index (χ1) is 39.6. The summed E-state index contributed by atoms with van der Waals surface area (Å²) < 4.78 is 0. The summed E-state index contributed by atoms with van der Waals surface area (Å²) in [4.78, 5) is 70.2. The zero-order valence-electron chi connectivity index (χ0n) is 45.8. The molecule has 5 aliphatic rings. The van der Waals surface area contributed by atoms with Crippen molar-refractivity contribution in [1.82, 2.24) is 0 Å². The number of carbonyl (C=O) groups is 5. The van der Waals surface area contributed by atoms with E-state index in [1.165, 1.54) is 12.1 Å². The minimum Gasteiger partial charge on any atom is -0.391 e. The molecule has 0 saturated carbocycles. The van der Waals surface area contributed by atoms with Crippen LogP contribution in [0.25, 0.3) is 0 Å². The van der Waals surface area contributed by atoms with E-state index in [4.69, 9.17) is 49.0 Å². The summed E-state index contributed by atoms with van der Waals surface area (Å²) >= 11 is 5.83. The number of non-ortho nitro benzene ring substituents is 1. The highest BCUT2D eigenvalue weighted by molar-refractivity contribution is 6.31. The van der Waals surface area contributed by atoms with Crippen LogP contribution in [0.2, 0.25) is 5.02 Å². The Bertz CT molecular complexity index is 3500. The minimum absolute atomic E-state index is 0.0257. The van der Waals surface area contributed by atoms with Gasteiger partial charge in [-0.05, 0) is 104 Å². The third-order valence-electron chi connectivity index (χ3n) is 15.3. The van der Waals surface area contributed by atoms with E-state index in [2.05, 4.69) is 29.6 Å². The molecule has 0 amide bonds. The second kappa shape index (κ2) is 28.8. The molecular weight excluding hydrogens is 1070 g/mol. The van der Waals surface area contributed by atoms with Crippen molar-refractivity contribution in [2.75, 3.05) is 0 Å². The van der Waals surface area contributed by atoms with Crippen LogP contribution in [0.15, 0.2) is 91.0 Å². The number of nitro groups is 1. The molecule has 5 aromatic rings. The fraction of sp³-hybridized carbons (Fsp3) is 0.324. The molecule has 15 heteroatoms. The van der Waals surface area contributed by atoms with Gasteiger partial charge in [-0.25, -0.2) is 0 Å². The largest absolute Gasteiger partial charge is 0.391 e. The Morgan fingerprint density at radius 1 is 0.470 bits per heavy atom. The lowest BCUT2D eigenvalue weighted by Crippen LogP contribution is -2.25. The normalized spacial score (nSPS) is 19.8. The second-order valence-corrected chi connectivity index (χ2v) is 21.4. The van der Waals surface area contributed by atoms with Gasteiger partial charge in [0.25, 0.3) is 5.69 Å². The van der Waals surface area contributed by atoms with Crippen LogP contribution >= 0.6 is 11.6 Å². The highest BCUT2D eigenvalue weighted by Crippen LogP contribution is 2.36. The highest BCUT2D eigenvalue weighted by Gasteiger charge is 2.39. The molecule has 10 atom stereocenters. The maximum atomic E-state index is 12.0. The van der Waals surface area contributed by atoms with Crippen molar-refractivity contribution in [3.63, 3.8) is 0 Å². The van der Waals surface area contributed by atoms with Crippen molar-refractivity contribution in [3.05, 3.63) is 178 Å². The van der Waals surface area contributed by atoms with E-state index < -0.39 is 53.2 Å². The van der Waals surface area contributed by atoms with Crippen LogP contribution in [-0.4, -0.2) is 89.9 Å². The van der Waals surface area contributed by atoms with Gasteiger partial charge in [0.05, 0.1) is 76.7 Å². The summed E-state index contributed by atoms with van der Waals surface area (Å²) in [5.74, 6) is 9.30. The predicted octanol–water partition coefficient (Wildman–Crippen LogP) is 8.18. The van der Waals surface area contributed by atoms with E-state index >= 15 is 0 Å². The summed E-state index contributed by atoms with van der Waals surface area (Å²) in [5.41, 5.74) is 10.1. The zero-order chi connectivity index (χ0) is 60.8. The highest BCUT2D eigenvalue weighted by atomic mass is 35.5. The van der Waals surface area contributed by atoms with Gasteiger partial charge in [0, 0.05) is 77.1 Å². The van der Waals surface area contributed by atoms with Crippen LogP contribution in [0, 0.1) is 127 Å². The Morgan fingerprint density at radius 2 is 0.795 bits per heavy atom. The van der Waals surface area contributed by atoms with Gasteiger partial charge in [0.1, 0.15) is 0 Å². The molecular formula is C68H61ClN2O12. The number of nitro benzene ring substituents is 1. The third kappa shape index (κ3) is 15.0. The topological polar surface area (TPSA) is 253 Å². The molecule has 0 bridgehead atoms. The molecule has 0 aromatic heterocycles. The van der Waals surface area contributed by atoms with E-state index in [-0.39, 0.29) is 78.5 Å². The number of nitriles is 1. The first kappa shape index (κ1) is 63.4. The van der Waals surface area contributed by atoms with Crippen LogP contribution in [0.4, 0.5) is 5.69 Å². The van der Waals surface area contributed by atoms with Crippen molar-refractivity contribution < 1.29 is 54.4 Å². The maximum Gasteiger partial charge on any atom is 0.270 e. The number of terminal acetylenes is 5. The summed E-state index contributed by atoms with van der Waals surface area (Å²) in [6, 6.07) is 28.1. The van der Waals surface area contributed by atoms with Gasteiger partial charge >= 0.3 is 0 Å². The summed E-state index contributed by atoms with van der Waals surface area (Å²) in [7, 11) is 0. The van der Waals surface area contributed by atoms with Crippen molar-refractivity contribution in [3.8, 4) is 67.8 Å². The number of nitrogens with zero attached hydrogens (tertiary/aromatic N) is 2. The van der Waals surface area contributed by atoms with Gasteiger partial charge in [0.2, 0.25) is 0 Å². The fourth-order valence-electron chi connectivity index (χ4n) is 10.8. The Labute approximate surface area is 488 Å². The molecule has 0 radical (unpaired) electrons. The molecule has 0 saturated heterocycles. The molecule has 5 aliphatic carbocycles. The van der Waals surface area contributed by atoms with Gasteiger partial charge < -0.3 is 25.5 Å². The molecule has 5 aromatic carbocycles. The molecule has 0 fully saturated rings. The molecule has 83 heavy (non-hydrogen) atoms. The quantitative estimate of drug-likeness (QED) is 0.0476. The smallest absolute Gasteiger partial charge is 0.270 e. The molecule has 422 valence electrons. The number of ketones is 5. The van der Waals surface area contributed by atoms with Crippen molar-refractivity contribution in [1.29, 1.82) is 5.26 Å². The average Bonchev–Trinajstić information content (AvgIpc) is 4.48. The number of aryl methyl sites for hydroxylation is 2. The van der Waals surface area contributed by atoms with Crippen molar-refractivity contribution >= 4 is 46.2 Å². The molecule has 5 N–H and O–H groups in total. The van der Waals surface area contributed by atoms with Crippen LogP contribution in [-0.2, 0) is 32.1 Å². The van der Waals surface area contributed by atoms with Crippen LogP contribution in [0.1, 0.15) is 128 Å². The number of Topliss-reactive ketones (excluding diaryl/α,β-unsaturated/α-hetero) is 5. The number of hydrogen-bond donors (Lipinski definition) is 5. The number of aliphatic hydroxyl groups is 5. The summed E-state index contributed by atoms with van der Waals surface area (Å²) in [5, 5.41) is 68.9. The van der Waals surface area contributed by atoms with Crippen LogP contribution in [0.3, 0.4) is 0 Å². The van der Waals surface area contributed by atoms with Crippen LogP contribution < -0.4 is 0 Å². The maximum absolute atomic E-state index is 12.0. The Kier molecular flexibility index (Phi) is 22.0. The van der Waals surface area contributed by atoms with Gasteiger partial charge in [-0.2, -0.15) is 5.26 Å². The number of halogens is 1. The van der Waals surface area contributed by atoms with E-state index in [0.29, 0.717) is 59.4 Å². The standard InChI is InChI=1S/C14H11NO2.2C14H14O2.C13H11ClO2.C13H11NO4/c1-2-3-13(16)12-7-10-5-4-9(8-15)6-11(10)14(12)17;1-3-4-13(15)12-8-10-7-9(2)5-6-11(10)14(12)16;1-3-4-13(15)12-8-10-6-5-9(2)7-11(10)14(12)16;1-2-3-12(15)11-6-8-4-5-9(14)7-10(8)13(11)16;1-2-3-12(15)11-6-8-4-5-9(14(17)18)7-10(8)13(11)16/h1,4-6,12-13,16H,3,7H2;2*1,5-7,12-13,15H,4,8H2,2H3;1,4-5,7,11-12,15H,3,6H2;1,4-5,7,11-12,15H,3,6H2. The fourth-order valence-corrected chi connectivity index (χ4v) is 11.0. The van der Waals surface area contributed by atoms with E-state index in [9.17, 15) is 59.6 Å². The predicted molar refractivity (Wildman–Crippen MR) is 313 cm³/mol. The van der Waals surface area contributed by atoms with E-state index in [0.717, 1.165) is 50.1 Å². The number of benzene rings is 5. The zero-order valence-corrected chi connectivity index (χ0v) is 46.5. The van der Waals surface area contributed by atoms with E-state index in [1.807, 2.05) is 62.4 Å². The summed E-state index contributed by atoms with van der Waals surface area (Å²) in [6.45, 7) is 3.95. The number of aliphatic hydroxyl groups excluding tert-OH is 5. The second-order valence-electron chi connectivity index (χ2n) is 21.0. The first-order valence-electron chi connectivity index (χ1n) is 26.7. The first-order valence-corrected chi connectivity index (χ1v) is 27.1. The molecule has 10 unspecified atom stereocenters. The van der Waals surface area contributed by atoms with Gasteiger partial charge in [-0.15, -0.1) is 61.7 Å². The minimum atomic E-state index is -0.894. The Hall–Kier alpha value is -8.77. The Morgan fingerprint density at radius 3 is 1.20 bits per heavy atom. The number of hydrogen-bond acceptors (Lipinski definition) is 13. The molecule has 14 nitrogen and oxygen atoms in total. The lowest BCUT2D eigenvalue weighted by atomic mass is 9.96. The Balaban J connectivity index is 0.000000167. The molecule has 0 aliphatic heterocycles. The SMILES string of the molecule is C#CCC(O)C1Cc2cc(C)ccc2C1=O.C#CCC(O)C1Cc2ccc(C#N)cc2C1=O.C#CCC(O)C1Cc2ccc(C)cc2C1=O.C#CCC(O)C1Cc2ccc(Cl)cc2C1=O.C#CCC(O)C1Cc2ccc([N+](=O)[O-])cc2C1=O. The summed E-state index contributed by atoms with van der Waals surface area (Å²) in [6.07, 6.45) is 25.4. The molecule has 0 heterocycles. The third-order valence-corrected chi connectivity index (χ3v) is 15.5. The number of rotatable bonds is 11. The average molecular weight is 1130 g/mol. The van der Waals surface area contributed by atoms with Gasteiger partial charge in [-0.3, -0.25) is 34.1 Å². The monoisotopic (exact) mass is 1130 g/mol. The van der Waals surface area contributed by atoms with Gasteiger partial charge in [0.15, 0.2) is 28.9 Å².